The van der Waals surface area contributed by atoms with E-state index in [1.54, 1.807) is 0 Å². The second kappa shape index (κ2) is 5.73. The molecule has 1 fully saturated rings. The molecule has 114 valence electrons. The molecule has 0 spiro atoms. The van der Waals surface area contributed by atoms with E-state index in [2.05, 4.69) is 12.2 Å². The average molecular weight is 292 g/mol. The number of phenolic OH excluding ortho intramolecular Hbond substituents is 1. The lowest BCUT2D eigenvalue weighted by Gasteiger charge is -2.35. The summed E-state index contributed by atoms with van der Waals surface area (Å²) in [4.78, 5) is 23.6. The molecule has 0 saturated heterocycles. The van der Waals surface area contributed by atoms with Crippen molar-refractivity contribution in [1.29, 1.82) is 0 Å². The second-order valence-electron chi connectivity index (χ2n) is 5.85. The van der Waals surface area contributed by atoms with Gasteiger partial charge in [0.2, 0.25) is 5.91 Å². The van der Waals surface area contributed by atoms with E-state index in [1.165, 1.54) is 12.1 Å². The third-order valence-corrected chi connectivity index (χ3v) is 3.97. The SMILES string of the molecule is CC1CCCC(N)(C(=O)Nc2ccc(O)cc2C(=O)O)C1. The summed E-state index contributed by atoms with van der Waals surface area (Å²) in [6.07, 6.45) is 3.10. The quantitative estimate of drug-likeness (QED) is 0.636. The number of carbonyl (C=O) groups excluding carboxylic acids is 1. The van der Waals surface area contributed by atoms with E-state index in [-0.39, 0.29) is 22.9 Å². The highest BCUT2D eigenvalue weighted by Crippen LogP contribution is 2.32. The van der Waals surface area contributed by atoms with Crippen LogP contribution in [0.25, 0.3) is 0 Å². The van der Waals surface area contributed by atoms with E-state index in [1.807, 2.05) is 0 Å². The first-order valence-electron chi connectivity index (χ1n) is 6.98. The number of hydrogen-bond donors (Lipinski definition) is 4. The molecule has 0 aliphatic heterocycles. The zero-order chi connectivity index (χ0) is 15.6. The van der Waals surface area contributed by atoms with Crippen LogP contribution in [0.5, 0.6) is 5.75 Å². The second-order valence-corrected chi connectivity index (χ2v) is 5.85. The Morgan fingerprint density at radius 1 is 1.43 bits per heavy atom. The predicted molar refractivity (Wildman–Crippen MR) is 78.2 cm³/mol. The maximum atomic E-state index is 12.4. The molecule has 6 nitrogen and oxygen atoms in total. The fourth-order valence-corrected chi connectivity index (χ4v) is 2.86. The summed E-state index contributed by atoms with van der Waals surface area (Å²) in [7, 11) is 0. The van der Waals surface area contributed by atoms with Crippen LogP contribution in [0.4, 0.5) is 5.69 Å². The van der Waals surface area contributed by atoms with Crippen LogP contribution in [0.15, 0.2) is 18.2 Å². The zero-order valence-corrected chi connectivity index (χ0v) is 11.9. The number of hydrogen-bond acceptors (Lipinski definition) is 4. The van der Waals surface area contributed by atoms with Gasteiger partial charge >= 0.3 is 5.97 Å². The number of rotatable bonds is 3. The van der Waals surface area contributed by atoms with E-state index in [4.69, 9.17) is 10.8 Å². The summed E-state index contributed by atoms with van der Waals surface area (Å²) >= 11 is 0. The van der Waals surface area contributed by atoms with Gasteiger partial charge in [-0.3, -0.25) is 4.79 Å². The number of phenols is 1. The predicted octanol–water partition coefficient (Wildman–Crippen LogP) is 1.94. The molecule has 1 aromatic rings. The van der Waals surface area contributed by atoms with Crippen molar-refractivity contribution in [2.75, 3.05) is 5.32 Å². The fourth-order valence-electron chi connectivity index (χ4n) is 2.86. The number of nitrogens with two attached hydrogens (primary N) is 1. The minimum atomic E-state index is -1.22. The first kappa shape index (κ1) is 15.3. The first-order chi connectivity index (χ1) is 9.82. The van der Waals surface area contributed by atoms with Gasteiger partial charge in [-0.1, -0.05) is 19.8 Å². The third kappa shape index (κ3) is 3.33. The Labute approximate surface area is 123 Å². The number of benzene rings is 1. The van der Waals surface area contributed by atoms with Crippen LogP contribution in [0, 0.1) is 5.92 Å². The molecule has 5 N–H and O–H groups in total. The van der Waals surface area contributed by atoms with Crippen molar-refractivity contribution in [2.45, 2.75) is 38.1 Å². The maximum absolute atomic E-state index is 12.4. The minimum Gasteiger partial charge on any atom is -0.508 e. The van der Waals surface area contributed by atoms with Gasteiger partial charge in [0, 0.05) is 0 Å². The highest BCUT2D eigenvalue weighted by atomic mass is 16.4. The van der Waals surface area contributed by atoms with Gasteiger partial charge in [0.15, 0.2) is 0 Å². The van der Waals surface area contributed by atoms with Crippen LogP contribution in [-0.2, 0) is 4.79 Å². The van der Waals surface area contributed by atoms with Gasteiger partial charge in [-0.2, -0.15) is 0 Å². The summed E-state index contributed by atoms with van der Waals surface area (Å²) < 4.78 is 0. The van der Waals surface area contributed by atoms with Crippen molar-refractivity contribution in [3.05, 3.63) is 23.8 Å². The number of aromatic carboxylic acids is 1. The summed E-state index contributed by atoms with van der Waals surface area (Å²) in [5.41, 5.74) is 5.21. The van der Waals surface area contributed by atoms with Crippen LogP contribution in [0.2, 0.25) is 0 Å². The molecule has 1 saturated carbocycles. The number of carboxylic acid groups (broad SMARTS) is 1. The van der Waals surface area contributed by atoms with Crippen molar-refractivity contribution in [3.63, 3.8) is 0 Å². The topological polar surface area (TPSA) is 113 Å². The molecule has 0 bridgehead atoms. The smallest absolute Gasteiger partial charge is 0.337 e. The van der Waals surface area contributed by atoms with Crippen molar-refractivity contribution in [3.8, 4) is 5.75 Å². The summed E-state index contributed by atoms with van der Waals surface area (Å²) in [6, 6.07) is 3.80. The Balaban J connectivity index is 2.21. The molecular formula is C15H20N2O4. The monoisotopic (exact) mass is 292 g/mol. The van der Waals surface area contributed by atoms with E-state index < -0.39 is 11.5 Å². The van der Waals surface area contributed by atoms with Crippen molar-refractivity contribution >= 4 is 17.6 Å². The Morgan fingerprint density at radius 3 is 2.76 bits per heavy atom. The molecule has 0 radical (unpaired) electrons. The lowest BCUT2D eigenvalue weighted by Crippen LogP contribution is -2.53. The zero-order valence-electron chi connectivity index (χ0n) is 11.9. The summed E-state index contributed by atoms with van der Waals surface area (Å²) in [5, 5.41) is 21.1. The van der Waals surface area contributed by atoms with E-state index >= 15 is 0 Å². The molecule has 1 aromatic carbocycles. The molecule has 0 heterocycles. The summed E-state index contributed by atoms with van der Waals surface area (Å²) in [5.74, 6) is -1.39. The number of nitrogens with one attached hydrogen (secondary N) is 1. The number of amides is 1. The Morgan fingerprint density at radius 2 is 2.14 bits per heavy atom. The van der Waals surface area contributed by atoms with E-state index in [9.17, 15) is 14.7 Å². The molecule has 1 amide bonds. The molecule has 1 aliphatic rings. The molecule has 0 aromatic heterocycles. The molecular weight excluding hydrogens is 272 g/mol. The largest absolute Gasteiger partial charge is 0.508 e. The van der Waals surface area contributed by atoms with Gasteiger partial charge in [0.05, 0.1) is 16.8 Å². The lowest BCUT2D eigenvalue weighted by atomic mass is 9.76. The molecule has 6 heteroatoms. The van der Waals surface area contributed by atoms with Crippen LogP contribution in [0.1, 0.15) is 43.0 Å². The van der Waals surface area contributed by atoms with Gasteiger partial charge in [0.25, 0.3) is 0 Å². The number of aromatic hydroxyl groups is 1. The molecule has 21 heavy (non-hydrogen) atoms. The Kier molecular flexibility index (Phi) is 4.18. The highest BCUT2D eigenvalue weighted by Gasteiger charge is 2.38. The standard InChI is InChI=1S/C15H20N2O4/c1-9-3-2-6-15(16,8-9)14(21)17-12-5-4-10(18)7-11(12)13(19)20/h4-5,7,9,18H,2-3,6,8,16H2,1H3,(H,17,21)(H,19,20). The molecule has 1 aliphatic carbocycles. The van der Waals surface area contributed by atoms with Crippen LogP contribution in [0.3, 0.4) is 0 Å². The van der Waals surface area contributed by atoms with Crippen molar-refractivity contribution in [2.24, 2.45) is 11.7 Å². The fraction of sp³-hybridized carbons (Fsp3) is 0.467. The Hall–Kier alpha value is -2.08. The number of carbonyl (C=O) groups is 2. The first-order valence-corrected chi connectivity index (χ1v) is 6.98. The van der Waals surface area contributed by atoms with Gasteiger partial charge in [-0.05, 0) is 37.0 Å². The van der Waals surface area contributed by atoms with Crippen molar-refractivity contribution in [1.82, 2.24) is 0 Å². The van der Waals surface area contributed by atoms with Crippen LogP contribution >= 0.6 is 0 Å². The number of anilines is 1. The molecule has 2 rings (SSSR count). The van der Waals surface area contributed by atoms with Gasteiger partial charge in [0.1, 0.15) is 5.75 Å². The van der Waals surface area contributed by atoms with Crippen LogP contribution < -0.4 is 11.1 Å². The highest BCUT2D eigenvalue weighted by molar-refractivity contribution is 6.04. The third-order valence-electron chi connectivity index (χ3n) is 3.97. The average Bonchev–Trinajstić information content (AvgIpc) is 2.40. The maximum Gasteiger partial charge on any atom is 0.337 e. The minimum absolute atomic E-state index is 0.147. The number of carboxylic acids is 1. The Bertz CT molecular complexity index is 573. The van der Waals surface area contributed by atoms with Crippen molar-refractivity contribution < 1.29 is 19.8 Å². The summed E-state index contributed by atoms with van der Waals surface area (Å²) in [6.45, 7) is 2.05. The van der Waals surface area contributed by atoms with Gasteiger partial charge in [-0.15, -0.1) is 0 Å². The van der Waals surface area contributed by atoms with E-state index in [0.29, 0.717) is 18.8 Å². The van der Waals surface area contributed by atoms with Gasteiger partial charge in [-0.25, -0.2) is 4.79 Å². The van der Waals surface area contributed by atoms with E-state index in [0.717, 1.165) is 18.9 Å². The lowest BCUT2D eigenvalue weighted by molar-refractivity contribution is -0.122. The normalized spacial score (nSPS) is 25.3. The molecule has 2 unspecified atom stereocenters. The van der Waals surface area contributed by atoms with Gasteiger partial charge < -0.3 is 21.3 Å². The van der Waals surface area contributed by atoms with Crippen LogP contribution in [-0.4, -0.2) is 27.6 Å². The molecule has 2 atom stereocenters.